The third-order valence-electron chi connectivity index (χ3n) is 2.54. The molecule has 2 rings (SSSR count). The largest absolute Gasteiger partial charge is 0.506 e. The van der Waals surface area contributed by atoms with Gasteiger partial charge in [0.2, 0.25) is 0 Å². The molecule has 0 unspecified atom stereocenters. The van der Waals surface area contributed by atoms with Crippen LogP contribution in [0.2, 0.25) is 5.15 Å². The van der Waals surface area contributed by atoms with Crippen molar-refractivity contribution < 1.29 is 19.8 Å². The summed E-state index contributed by atoms with van der Waals surface area (Å²) in [7, 11) is 0. The van der Waals surface area contributed by atoms with Crippen molar-refractivity contribution in [1.29, 1.82) is 0 Å². The Bertz CT molecular complexity index is 736. The van der Waals surface area contributed by atoms with E-state index in [9.17, 15) is 14.7 Å². The van der Waals surface area contributed by atoms with Crippen LogP contribution in [0.1, 0.15) is 20.7 Å². The maximum atomic E-state index is 12.1. The molecule has 0 spiro atoms. The Balaban J connectivity index is 2.33. The molecule has 0 fully saturated rings. The van der Waals surface area contributed by atoms with Gasteiger partial charge in [0.25, 0.3) is 5.91 Å². The summed E-state index contributed by atoms with van der Waals surface area (Å²) in [4.78, 5) is 26.8. The first-order valence-corrected chi connectivity index (χ1v) is 6.74. The predicted octanol–water partition coefficient (Wildman–Crippen LogP) is 3.15. The number of amides is 1. The van der Waals surface area contributed by atoms with Crippen LogP contribution >= 0.6 is 27.5 Å². The highest BCUT2D eigenvalue weighted by Crippen LogP contribution is 2.26. The van der Waals surface area contributed by atoms with Crippen molar-refractivity contribution in [2.75, 3.05) is 5.32 Å². The van der Waals surface area contributed by atoms with E-state index < -0.39 is 11.9 Å². The average Bonchev–Trinajstić information content (AvgIpc) is 2.43. The number of carboxylic acid groups (broad SMARTS) is 1. The molecule has 0 aliphatic rings. The van der Waals surface area contributed by atoms with E-state index in [1.807, 2.05) is 0 Å². The molecule has 1 aromatic heterocycles. The van der Waals surface area contributed by atoms with E-state index in [2.05, 4.69) is 26.2 Å². The Morgan fingerprint density at radius 2 is 2.00 bits per heavy atom. The number of phenols is 1. The van der Waals surface area contributed by atoms with Crippen LogP contribution in [0.4, 0.5) is 5.69 Å². The zero-order valence-corrected chi connectivity index (χ0v) is 12.6. The number of hydrogen-bond acceptors (Lipinski definition) is 4. The Morgan fingerprint density at radius 3 is 2.67 bits per heavy atom. The number of nitrogens with zero attached hydrogens (tertiary/aromatic N) is 1. The fraction of sp³-hybridized carbons (Fsp3) is 0. The molecule has 0 saturated heterocycles. The number of pyridine rings is 1. The highest BCUT2D eigenvalue weighted by molar-refractivity contribution is 9.10. The molecule has 0 aliphatic carbocycles. The molecule has 1 heterocycles. The first-order chi connectivity index (χ1) is 9.88. The SMILES string of the molecule is O=C(O)c1ccc(O)c(NC(=O)c2cc(Br)cnc2Cl)c1. The van der Waals surface area contributed by atoms with E-state index in [1.165, 1.54) is 24.4 Å². The summed E-state index contributed by atoms with van der Waals surface area (Å²) in [5, 5.41) is 21.0. The molecule has 21 heavy (non-hydrogen) atoms. The zero-order chi connectivity index (χ0) is 15.6. The zero-order valence-electron chi connectivity index (χ0n) is 10.3. The number of aromatic nitrogens is 1. The Morgan fingerprint density at radius 1 is 1.29 bits per heavy atom. The summed E-state index contributed by atoms with van der Waals surface area (Å²) in [5.41, 5.74) is -0.0105. The van der Waals surface area contributed by atoms with Crippen molar-refractivity contribution in [2.45, 2.75) is 0 Å². The molecule has 0 radical (unpaired) electrons. The van der Waals surface area contributed by atoms with Crippen molar-refractivity contribution in [2.24, 2.45) is 0 Å². The number of benzene rings is 1. The second kappa shape index (κ2) is 6.11. The molecule has 8 heteroatoms. The lowest BCUT2D eigenvalue weighted by molar-refractivity contribution is 0.0696. The van der Waals surface area contributed by atoms with Crippen molar-refractivity contribution in [1.82, 2.24) is 4.98 Å². The molecular formula is C13H8BrClN2O4. The Hall–Kier alpha value is -2.12. The molecule has 2 aromatic rings. The van der Waals surface area contributed by atoms with Gasteiger partial charge in [-0.05, 0) is 40.2 Å². The molecule has 0 bridgehead atoms. The quantitative estimate of drug-likeness (QED) is 0.568. The van der Waals surface area contributed by atoms with Crippen LogP contribution in [-0.2, 0) is 0 Å². The normalized spacial score (nSPS) is 10.2. The number of rotatable bonds is 3. The minimum Gasteiger partial charge on any atom is -0.506 e. The van der Waals surface area contributed by atoms with E-state index in [4.69, 9.17) is 16.7 Å². The number of anilines is 1. The topological polar surface area (TPSA) is 99.5 Å². The van der Waals surface area contributed by atoms with Gasteiger partial charge in [-0.25, -0.2) is 9.78 Å². The first-order valence-electron chi connectivity index (χ1n) is 5.57. The third kappa shape index (κ3) is 3.50. The Labute approximate surface area is 132 Å². The fourth-order valence-corrected chi connectivity index (χ4v) is 2.06. The van der Waals surface area contributed by atoms with Gasteiger partial charge in [0.05, 0.1) is 16.8 Å². The van der Waals surface area contributed by atoms with Crippen LogP contribution in [0.25, 0.3) is 0 Å². The number of carbonyl (C=O) groups excluding carboxylic acids is 1. The lowest BCUT2D eigenvalue weighted by atomic mass is 10.1. The molecule has 1 amide bonds. The predicted molar refractivity (Wildman–Crippen MR) is 80.0 cm³/mol. The van der Waals surface area contributed by atoms with Crippen molar-refractivity contribution in [3.05, 3.63) is 51.2 Å². The standard InChI is InChI=1S/C13H8BrClN2O4/c14-7-4-8(11(15)16-5-7)12(19)17-9-3-6(13(20)21)1-2-10(9)18/h1-5,18H,(H,17,19)(H,20,21). The minimum absolute atomic E-state index is 0.00965. The summed E-state index contributed by atoms with van der Waals surface area (Å²) in [6.45, 7) is 0. The summed E-state index contributed by atoms with van der Waals surface area (Å²) in [5.74, 6) is -2.05. The van der Waals surface area contributed by atoms with E-state index in [0.717, 1.165) is 6.07 Å². The van der Waals surface area contributed by atoms with Crippen LogP contribution < -0.4 is 5.32 Å². The van der Waals surface area contributed by atoms with Crippen LogP contribution in [0.5, 0.6) is 5.75 Å². The van der Waals surface area contributed by atoms with Crippen molar-refractivity contribution in [3.63, 3.8) is 0 Å². The molecule has 0 atom stereocenters. The Kier molecular flexibility index (Phi) is 4.44. The molecule has 1 aromatic carbocycles. The maximum Gasteiger partial charge on any atom is 0.335 e. The number of halogens is 2. The number of nitrogens with one attached hydrogen (secondary N) is 1. The summed E-state index contributed by atoms with van der Waals surface area (Å²) in [6, 6.07) is 5.01. The van der Waals surface area contributed by atoms with Gasteiger partial charge in [-0.3, -0.25) is 4.79 Å². The highest BCUT2D eigenvalue weighted by Gasteiger charge is 2.15. The molecule has 0 aliphatic heterocycles. The maximum absolute atomic E-state index is 12.1. The molecule has 0 saturated carbocycles. The van der Waals surface area contributed by atoms with Gasteiger partial charge in [-0.1, -0.05) is 11.6 Å². The number of carboxylic acids is 1. The van der Waals surface area contributed by atoms with Gasteiger partial charge < -0.3 is 15.5 Å². The second-order valence-corrected chi connectivity index (χ2v) is 5.26. The average molecular weight is 372 g/mol. The highest BCUT2D eigenvalue weighted by atomic mass is 79.9. The minimum atomic E-state index is -1.17. The second-order valence-electron chi connectivity index (χ2n) is 3.98. The lowest BCUT2D eigenvalue weighted by Crippen LogP contribution is -2.13. The number of aromatic hydroxyl groups is 1. The van der Waals surface area contributed by atoms with E-state index in [-0.39, 0.29) is 27.7 Å². The lowest BCUT2D eigenvalue weighted by Gasteiger charge is -2.09. The van der Waals surface area contributed by atoms with Crippen LogP contribution in [0, 0.1) is 0 Å². The number of phenolic OH excluding ortho intramolecular Hbond substituents is 1. The van der Waals surface area contributed by atoms with Gasteiger partial charge >= 0.3 is 5.97 Å². The van der Waals surface area contributed by atoms with E-state index in [0.29, 0.717) is 4.47 Å². The summed E-state index contributed by atoms with van der Waals surface area (Å²) >= 11 is 9.00. The first kappa shape index (κ1) is 15.3. The smallest absolute Gasteiger partial charge is 0.335 e. The van der Waals surface area contributed by atoms with Gasteiger partial charge in [-0.2, -0.15) is 0 Å². The number of hydrogen-bond donors (Lipinski definition) is 3. The summed E-state index contributed by atoms with van der Waals surface area (Å²) < 4.78 is 0.556. The van der Waals surface area contributed by atoms with Crippen molar-refractivity contribution in [3.8, 4) is 5.75 Å². The monoisotopic (exact) mass is 370 g/mol. The molecular weight excluding hydrogens is 364 g/mol. The van der Waals surface area contributed by atoms with Gasteiger partial charge in [0, 0.05) is 10.7 Å². The number of carbonyl (C=O) groups is 2. The van der Waals surface area contributed by atoms with Gasteiger partial charge in [-0.15, -0.1) is 0 Å². The molecule has 108 valence electrons. The molecule has 3 N–H and O–H groups in total. The van der Waals surface area contributed by atoms with Gasteiger partial charge in [0.1, 0.15) is 10.9 Å². The molecule has 6 nitrogen and oxygen atoms in total. The van der Waals surface area contributed by atoms with Crippen LogP contribution in [-0.4, -0.2) is 27.1 Å². The number of aromatic carboxylic acids is 1. The van der Waals surface area contributed by atoms with Gasteiger partial charge in [0.15, 0.2) is 0 Å². The van der Waals surface area contributed by atoms with Crippen LogP contribution in [0.3, 0.4) is 0 Å². The summed E-state index contributed by atoms with van der Waals surface area (Å²) in [6.07, 6.45) is 1.43. The van der Waals surface area contributed by atoms with E-state index >= 15 is 0 Å². The van der Waals surface area contributed by atoms with Crippen LogP contribution in [0.15, 0.2) is 34.9 Å². The van der Waals surface area contributed by atoms with Crippen molar-refractivity contribution >= 4 is 45.1 Å². The van der Waals surface area contributed by atoms with E-state index in [1.54, 1.807) is 0 Å². The fourth-order valence-electron chi connectivity index (χ4n) is 1.54. The third-order valence-corrected chi connectivity index (χ3v) is 3.28.